The third-order valence-electron chi connectivity index (χ3n) is 2.27. The van der Waals surface area contributed by atoms with Crippen LogP contribution in [0.25, 0.3) is 0 Å². The molecular formula is C9H13N3S. The van der Waals surface area contributed by atoms with Crippen molar-refractivity contribution in [3.05, 3.63) is 12.3 Å². The molecule has 4 heteroatoms. The van der Waals surface area contributed by atoms with Crippen LogP contribution in [0, 0.1) is 0 Å². The number of rotatable bonds is 3. The van der Waals surface area contributed by atoms with Crippen LogP contribution in [-0.2, 0) is 0 Å². The van der Waals surface area contributed by atoms with E-state index in [-0.39, 0.29) is 0 Å². The summed E-state index contributed by atoms with van der Waals surface area (Å²) >= 11 is 1.57. The van der Waals surface area contributed by atoms with E-state index in [9.17, 15) is 0 Å². The molecule has 3 nitrogen and oxygen atoms in total. The summed E-state index contributed by atoms with van der Waals surface area (Å²) in [6, 6.07) is 2.57. The van der Waals surface area contributed by atoms with Gasteiger partial charge < -0.3 is 5.32 Å². The number of anilines is 1. The van der Waals surface area contributed by atoms with E-state index in [1.54, 1.807) is 18.0 Å². The van der Waals surface area contributed by atoms with Crippen LogP contribution >= 0.6 is 11.8 Å². The zero-order chi connectivity index (χ0) is 9.10. The number of aromatic nitrogens is 2. The van der Waals surface area contributed by atoms with Gasteiger partial charge in [0, 0.05) is 12.2 Å². The molecule has 1 aromatic heterocycles. The highest BCUT2D eigenvalue weighted by Crippen LogP contribution is 2.22. The molecule has 0 amide bonds. The fourth-order valence-electron chi connectivity index (χ4n) is 1.28. The fourth-order valence-corrected chi connectivity index (χ4v) is 1.64. The Morgan fingerprint density at radius 2 is 2.38 bits per heavy atom. The molecule has 1 saturated carbocycles. The molecule has 0 unspecified atom stereocenters. The van der Waals surface area contributed by atoms with Crippen LogP contribution in [0.5, 0.6) is 0 Å². The molecule has 1 aliphatic carbocycles. The number of hydrogen-bond donors (Lipinski definition) is 1. The standard InChI is InChI=1S/C9H13N3S/c1-13-9-10-6-5-8(12-9)11-7-3-2-4-7/h5-7H,2-4H2,1H3,(H,10,11,12). The lowest BCUT2D eigenvalue weighted by atomic mass is 9.93. The lowest BCUT2D eigenvalue weighted by Gasteiger charge is -2.26. The maximum atomic E-state index is 4.35. The van der Waals surface area contributed by atoms with E-state index >= 15 is 0 Å². The van der Waals surface area contributed by atoms with Gasteiger partial charge in [-0.05, 0) is 31.6 Å². The molecule has 1 aromatic rings. The SMILES string of the molecule is CSc1nccc(NC2CCC2)n1. The Balaban J connectivity index is 2.01. The summed E-state index contributed by atoms with van der Waals surface area (Å²) in [6.45, 7) is 0. The molecule has 0 saturated heterocycles. The lowest BCUT2D eigenvalue weighted by molar-refractivity contribution is 0.444. The first-order valence-electron chi connectivity index (χ1n) is 4.52. The van der Waals surface area contributed by atoms with E-state index in [2.05, 4.69) is 15.3 Å². The first-order chi connectivity index (χ1) is 6.38. The molecule has 0 aromatic carbocycles. The third kappa shape index (κ3) is 2.12. The van der Waals surface area contributed by atoms with Crippen molar-refractivity contribution in [3.63, 3.8) is 0 Å². The largest absolute Gasteiger partial charge is 0.367 e. The minimum absolute atomic E-state index is 0.643. The van der Waals surface area contributed by atoms with Crippen molar-refractivity contribution in [1.29, 1.82) is 0 Å². The van der Waals surface area contributed by atoms with Gasteiger partial charge in [0.15, 0.2) is 5.16 Å². The Bertz CT molecular complexity index is 286. The summed E-state index contributed by atoms with van der Waals surface area (Å²) in [5.41, 5.74) is 0. The third-order valence-corrected chi connectivity index (χ3v) is 2.84. The molecule has 1 aliphatic rings. The monoisotopic (exact) mass is 195 g/mol. The first kappa shape index (κ1) is 8.81. The molecule has 13 heavy (non-hydrogen) atoms. The molecule has 0 radical (unpaired) electrons. The Morgan fingerprint density at radius 1 is 1.54 bits per heavy atom. The molecule has 2 rings (SSSR count). The molecule has 1 fully saturated rings. The normalized spacial score (nSPS) is 16.7. The Morgan fingerprint density at radius 3 is 3.00 bits per heavy atom. The van der Waals surface area contributed by atoms with E-state index in [4.69, 9.17) is 0 Å². The molecule has 0 spiro atoms. The van der Waals surface area contributed by atoms with Crippen molar-refractivity contribution in [2.75, 3.05) is 11.6 Å². The van der Waals surface area contributed by atoms with Gasteiger partial charge in [0.1, 0.15) is 5.82 Å². The van der Waals surface area contributed by atoms with Gasteiger partial charge in [-0.2, -0.15) is 0 Å². The van der Waals surface area contributed by atoms with Gasteiger partial charge in [-0.15, -0.1) is 0 Å². The summed E-state index contributed by atoms with van der Waals surface area (Å²) in [7, 11) is 0. The van der Waals surface area contributed by atoms with E-state index < -0.39 is 0 Å². The topological polar surface area (TPSA) is 37.8 Å². The molecule has 1 heterocycles. The summed E-state index contributed by atoms with van der Waals surface area (Å²) in [6.07, 6.45) is 7.69. The average molecular weight is 195 g/mol. The summed E-state index contributed by atoms with van der Waals surface area (Å²) in [5.74, 6) is 0.962. The summed E-state index contributed by atoms with van der Waals surface area (Å²) in [5, 5.41) is 4.23. The quantitative estimate of drug-likeness (QED) is 0.592. The molecule has 0 bridgehead atoms. The Hall–Kier alpha value is -0.770. The number of thioether (sulfide) groups is 1. The van der Waals surface area contributed by atoms with Crippen molar-refractivity contribution < 1.29 is 0 Å². The first-order valence-corrected chi connectivity index (χ1v) is 5.74. The van der Waals surface area contributed by atoms with Crippen molar-refractivity contribution >= 4 is 17.6 Å². The number of nitrogens with zero attached hydrogens (tertiary/aromatic N) is 2. The highest BCUT2D eigenvalue weighted by Gasteiger charge is 2.17. The van der Waals surface area contributed by atoms with Crippen LogP contribution in [0.4, 0.5) is 5.82 Å². The van der Waals surface area contributed by atoms with Crippen LogP contribution < -0.4 is 5.32 Å². The fraction of sp³-hybridized carbons (Fsp3) is 0.556. The predicted octanol–water partition coefficient (Wildman–Crippen LogP) is 2.16. The Kier molecular flexibility index (Phi) is 2.68. The van der Waals surface area contributed by atoms with Crippen molar-refractivity contribution in [2.45, 2.75) is 30.5 Å². The van der Waals surface area contributed by atoms with Gasteiger partial charge >= 0.3 is 0 Å². The second-order valence-corrected chi connectivity index (χ2v) is 3.97. The predicted molar refractivity (Wildman–Crippen MR) is 55.1 cm³/mol. The number of hydrogen-bond acceptors (Lipinski definition) is 4. The van der Waals surface area contributed by atoms with Crippen molar-refractivity contribution in [1.82, 2.24) is 9.97 Å². The van der Waals surface area contributed by atoms with E-state index in [0.717, 1.165) is 11.0 Å². The smallest absolute Gasteiger partial charge is 0.189 e. The van der Waals surface area contributed by atoms with E-state index in [1.807, 2.05) is 12.3 Å². The molecule has 0 aliphatic heterocycles. The molecular weight excluding hydrogens is 182 g/mol. The minimum atomic E-state index is 0.643. The van der Waals surface area contributed by atoms with Crippen LogP contribution in [0.15, 0.2) is 17.4 Å². The van der Waals surface area contributed by atoms with Gasteiger partial charge in [-0.25, -0.2) is 9.97 Å². The zero-order valence-corrected chi connectivity index (χ0v) is 8.47. The van der Waals surface area contributed by atoms with Crippen molar-refractivity contribution in [2.24, 2.45) is 0 Å². The Labute approximate surface area is 82.4 Å². The molecule has 70 valence electrons. The number of nitrogens with one attached hydrogen (secondary N) is 1. The van der Waals surface area contributed by atoms with Crippen LogP contribution in [-0.4, -0.2) is 22.3 Å². The van der Waals surface area contributed by atoms with Gasteiger partial charge in [-0.3, -0.25) is 0 Å². The van der Waals surface area contributed by atoms with Gasteiger partial charge in [-0.1, -0.05) is 11.8 Å². The van der Waals surface area contributed by atoms with Gasteiger partial charge in [0.25, 0.3) is 0 Å². The highest BCUT2D eigenvalue weighted by molar-refractivity contribution is 7.98. The lowest BCUT2D eigenvalue weighted by Crippen LogP contribution is -2.27. The molecule has 0 atom stereocenters. The summed E-state index contributed by atoms with van der Waals surface area (Å²) in [4.78, 5) is 8.47. The van der Waals surface area contributed by atoms with Crippen LogP contribution in [0.3, 0.4) is 0 Å². The van der Waals surface area contributed by atoms with Crippen molar-refractivity contribution in [3.8, 4) is 0 Å². The van der Waals surface area contributed by atoms with Gasteiger partial charge in [0.05, 0.1) is 0 Å². The second kappa shape index (κ2) is 3.96. The van der Waals surface area contributed by atoms with E-state index in [1.165, 1.54) is 19.3 Å². The highest BCUT2D eigenvalue weighted by atomic mass is 32.2. The van der Waals surface area contributed by atoms with Gasteiger partial charge in [0.2, 0.25) is 0 Å². The average Bonchev–Trinajstić information content (AvgIpc) is 2.12. The minimum Gasteiger partial charge on any atom is -0.367 e. The second-order valence-electron chi connectivity index (χ2n) is 3.20. The molecule has 1 N–H and O–H groups in total. The van der Waals surface area contributed by atoms with Crippen LogP contribution in [0.1, 0.15) is 19.3 Å². The van der Waals surface area contributed by atoms with Crippen LogP contribution in [0.2, 0.25) is 0 Å². The maximum absolute atomic E-state index is 4.35. The van der Waals surface area contributed by atoms with E-state index in [0.29, 0.717) is 6.04 Å². The maximum Gasteiger partial charge on any atom is 0.189 e. The summed E-state index contributed by atoms with van der Waals surface area (Å²) < 4.78 is 0. The zero-order valence-electron chi connectivity index (χ0n) is 7.66.